The van der Waals surface area contributed by atoms with Crippen LogP contribution in [-0.4, -0.2) is 76.9 Å². The molecule has 37 heavy (non-hydrogen) atoms. The highest BCUT2D eigenvalue weighted by Crippen LogP contribution is 2.33. The van der Waals surface area contributed by atoms with E-state index in [0.717, 1.165) is 37.9 Å². The summed E-state index contributed by atoms with van der Waals surface area (Å²) in [6.45, 7) is 0.891. The van der Waals surface area contributed by atoms with Crippen molar-refractivity contribution in [2.24, 2.45) is 0 Å². The highest BCUT2D eigenvalue weighted by atomic mass is 32.2. The normalized spacial score (nSPS) is 22.4. The summed E-state index contributed by atoms with van der Waals surface area (Å²) in [7, 11) is 0. The summed E-state index contributed by atoms with van der Waals surface area (Å²) in [6.07, 6.45) is 6.41. The van der Waals surface area contributed by atoms with Gasteiger partial charge in [0.05, 0.1) is 12.1 Å². The van der Waals surface area contributed by atoms with E-state index in [1.165, 1.54) is 0 Å². The molecule has 0 saturated carbocycles. The molecule has 0 aromatic heterocycles. The molecular formula is C24H37N5O7S. The SMILES string of the molecule is O=C(CCCC[C@@H]1SC[C@@H]2NC(=O)N[C@@H]21)NCCCCCC(=O)NCCCC(=O)ON1C(=O)CCC1=O. The first-order valence-corrected chi connectivity index (χ1v) is 14.2. The van der Waals surface area contributed by atoms with Crippen molar-refractivity contribution in [3.63, 3.8) is 0 Å². The second-order valence-corrected chi connectivity index (χ2v) is 10.8. The molecule has 0 radical (unpaired) electrons. The van der Waals surface area contributed by atoms with E-state index in [1.54, 1.807) is 0 Å². The first kappa shape index (κ1) is 28.7. The highest BCUT2D eigenvalue weighted by molar-refractivity contribution is 8.00. The molecule has 0 unspecified atom stereocenters. The van der Waals surface area contributed by atoms with Gasteiger partial charge in [0.2, 0.25) is 11.8 Å². The lowest BCUT2D eigenvalue weighted by Crippen LogP contribution is -2.36. The summed E-state index contributed by atoms with van der Waals surface area (Å²) >= 11 is 1.88. The first-order chi connectivity index (χ1) is 17.8. The van der Waals surface area contributed by atoms with Crippen LogP contribution in [0.15, 0.2) is 0 Å². The third kappa shape index (κ3) is 9.52. The molecule has 0 aliphatic carbocycles. The van der Waals surface area contributed by atoms with Gasteiger partial charge in [0.1, 0.15) is 0 Å². The maximum absolute atomic E-state index is 12.0. The van der Waals surface area contributed by atoms with Gasteiger partial charge in [-0.05, 0) is 32.1 Å². The molecule has 6 amide bonds. The third-order valence-electron chi connectivity index (χ3n) is 6.56. The molecule has 0 bridgehead atoms. The van der Waals surface area contributed by atoms with Crippen molar-refractivity contribution in [3.8, 4) is 0 Å². The number of unbranched alkanes of at least 4 members (excludes halogenated alkanes) is 3. The topological polar surface area (TPSA) is 163 Å². The van der Waals surface area contributed by atoms with E-state index in [0.29, 0.717) is 49.1 Å². The van der Waals surface area contributed by atoms with Gasteiger partial charge in [-0.25, -0.2) is 9.59 Å². The Bertz CT molecular complexity index is 854. The highest BCUT2D eigenvalue weighted by Gasteiger charge is 2.42. The third-order valence-corrected chi connectivity index (χ3v) is 8.07. The summed E-state index contributed by atoms with van der Waals surface area (Å²) in [6, 6.07) is 0.362. The Hall–Kier alpha value is -2.83. The zero-order chi connectivity index (χ0) is 26.6. The largest absolute Gasteiger partial charge is 0.356 e. The molecule has 0 spiro atoms. The molecule has 12 nitrogen and oxygen atoms in total. The predicted octanol–water partition coefficient (Wildman–Crippen LogP) is 0.892. The van der Waals surface area contributed by atoms with E-state index in [4.69, 9.17) is 4.84 Å². The number of urea groups is 1. The minimum atomic E-state index is -0.678. The summed E-state index contributed by atoms with van der Waals surface area (Å²) in [4.78, 5) is 74.6. The van der Waals surface area contributed by atoms with Gasteiger partial charge >= 0.3 is 12.0 Å². The van der Waals surface area contributed by atoms with Gasteiger partial charge in [-0.15, -0.1) is 5.06 Å². The van der Waals surface area contributed by atoms with E-state index in [2.05, 4.69) is 21.3 Å². The molecule has 206 valence electrons. The molecule has 13 heteroatoms. The second-order valence-electron chi connectivity index (χ2n) is 9.53. The Balaban J connectivity index is 1.09. The van der Waals surface area contributed by atoms with Crippen LogP contribution in [0.1, 0.15) is 77.0 Å². The molecule has 3 fully saturated rings. The molecule has 3 aliphatic heterocycles. The molecule has 3 rings (SSSR count). The van der Waals surface area contributed by atoms with Crippen molar-refractivity contribution < 1.29 is 33.6 Å². The quantitative estimate of drug-likeness (QED) is 0.128. The number of carbonyl (C=O) groups is 6. The Morgan fingerprint density at radius 1 is 0.838 bits per heavy atom. The fourth-order valence-corrected chi connectivity index (χ4v) is 6.08. The van der Waals surface area contributed by atoms with E-state index >= 15 is 0 Å². The monoisotopic (exact) mass is 539 g/mol. The fraction of sp³-hybridized carbons (Fsp3) is 0.750. The van der Waals surface area contributed by atoms with Crippen LogP contribution < -0.4 is 21.3 Å². The Morgan fingerprint density at radius 2 is 1.49 bits per heavy atom. The smallest absolute Gasteiger partial charge is 0.333 e. The standard InChI is InChI=1S/C24H37N5O7S/c30-18(26-14-6-10-22(34)36-29-20(32)11-12-21(29)33)8-2-1-5-13-25-19(31)9-4-3-7-17-23-16(15-37-17)27-24(35)28-23/h16-17,23H,1-15H2,(H,25,31)(H,26,30)(H2,27,28,35)/t16-,17-,23-/m0/s1. The summed E-state index contributed by atoms with van der Waals surface area (Å²) in [5.74, 6) is -0.830. The molecule has 3 saturated heterocycles. The molecule has 4 N–H and O–H groups in total. The lowest BCUT2D eigenvalue weighted by molar-refractivity contribution is -0.197. The van der Waals surface area contributed by atoms with Crippen LogP contribution in [0.2, 0.25) is 0 Å². The van der Waals surface area contributed by atoms with E-state index < -0.39 is 17.8 Å². The lowest BCUT2D eigenvalue weighted by Gasteiger charge is -2.16. The van der Waals surface area contributed by atoms with Gasteiger partial charge in [0.15, 0.2) is 0 Å². The van der Waals surface area contributed by atoms with E-state index in [9.17, 15) is 28.8 Å². The van der Waals surface area contributed by atoms with Gasteiger partial charge in [0, 0.05) is 56.2 Å². The fourth-order valence-electron chi connectivity index (χ4n) is 4.53. The molecule has 0 aromatic carbocycles. The van der Waals surface area contributed by atoms with Gasteiger partial charge in [0.25, 0.3) is 11.8 Å². The van der Waals surface area contributed by atoms with Crippen LogP contribution >= 0.6 is 11.8 Å². The van der Waals surface area contributed by atoms with E-state index in [-0.39, 0.29) is 49.2 Å². The maximum Gasteiger partial charge on any atom is 0.333 e. The van der Waals surface area contributed by atoms with E-state index in [1.807, 2.05) is 11.8 Å². The van der Waals surface area contributed by atoms with Crippen molar-refractivity contribution in [2.45, 2.75) is 94.4 Å². The van der Waals surface area contributed by atoms with Gasteiger partial charge in [-0.1, -0.05) is 12.8 Å². The lowest BCUT2D eigenvalue weighted by atomic mass is 10.0. The van der Waals surface area contributed by atoms with Crippen LogP contribution in [0.4, 0.5) is 4.79 Å². The van der Waals surface area contributed by atoms with Crippen LogP contribution in [0.5, 0.6) is 0 Å². The van der Waals surface area contributed by atoms with Crippen LogP contribution in [0, 0.1) is 0 Å². The van der Waals surface area contributed by atoms with Crippen LogP contribution in [-0.2, 0) is 28.8 Å². The minimum absolute atomic E-state index is 0.00668. The molecule has 3 heterocycles. The first-order valence-electron chi connectivity index (χ1n) is 13.1. The average molecular weight is 540 g/mol. The molecule has 3 atom stereocenters. The number of fused-ring (bicyclic) bond motifs is 1. The summed E-state index contributed by atoms with van der Waals surface area (Å²) in [5, 5.41) is 12.5. The number of rotatable bonds is 16. The average Bonchev–Trinajstić information content (AvgIpc) is 3.51. The number of carbonyl (C=O) groups excluding carboxylic acids is 6. The zero-order valence-electron chi connectivity index (χ0n) is 21.1. The molecule has 0 aromatic rings. The molecular weight excluding hydrogens is 502 g/mol. The van der Waals surface area contributed by atoms with Gasteiger partial charge in [-0.3, -0.25) is 19.2 Å². The van der Waals surface area contributed by atoms with Crippen molar-refractivity contribution >= 4 is 47.4 Å². The summed E-state index contributed by atoms with van der Waals surface area (Å²) < 4.78 is 0. The Morgan fingerprint density at radius 3 is 2.19 bits per heavy atom. The maximum atomic E-state index is 12.0. The minimum Gasteiger partial charge on any atom is -0.356 e. The zero-order valence-corrected chi connectivity index (χ0v) is 21.9. The number of hydrogen-bond donors (Lipinski definition) is 4. The van der Waals surface area contributed by atoms with Gasteiger partial charge in [-0.2, -0.15) is 11.8 Å². The van der Waals surface area contributed by atoms with Crippen molar-refractivity contribution in [2.75, 3.05) is 18.8 Å². The second kappa shape index (κ2) is 14.8. The Kier molecular flexibility index (Phi) is 11.5. The number of nitrogens with zero attached hydrogens (tertiary/aromatic N) is 1. The number of amides is 6. The Labute approximate surface area is 220 Å². The predicted molar refractivity (Wildman–Crippen MR) is 135 cm³/mol. The number of hydrogen-bond acceptors (Lipinski definition) is 8. The number of thioether (sulfide) groups is 1. The van der Waals surface area contributed by atoms with Crippen molar-refractivity contribution in [3.05, 3.63) is 0 Å². The van der Waals surface area contributed by atoms with Gasteiger partial charge < -0.3 is 26.1 Å². The number of nitrogens with one attached hydrogen (secondary N) is 4. The molecule has 3 aliphatic rings. The van der Waals surface area contributed by atoms with Crippen LogP contribution in [0.25, 0.3) is 0 Å². The van der Waals surface area contributed by atoms with Crippen molar-refractivity contribution in [1.29, 1.82) is 0 Å². The summed E-state index contributed by atoms with van der Waals surface area (Å²) in [5.41, 5.74) is 0. The van der Waals surface area contributed by atoms with Crippen molar-refractivity contribution in [1.82, 2.24) is 26.3 Å². The number of imide groups is 1. The number of hydroxylamine groups is 2. The van der Waals surface area contributed by atoms with Crippen LogP contribution in [0.3, 0.4) is 0 Å².